The minimum absolute atomic E-state index is 0.249. The van der Waals surface area contributed by atoms with Crippen molar-refractivity contribution in [1.29, 1.82) is 0 Å². The fourth-order valence-corrected chi connectivity index (χ4v) is 2.84. The SMILES string of the molecule is CN(C(=O)N1CCCCCC1)C1CCNCC1. The first-order valence-corrected chi connectivity index (χ1v) is 7.01. The van der Waals surface area contributed by atoms with E-state index >= 15 is 0 Å². The first kappa shape index (κ1) is 12.7. The van der Waals surface area contributed by atoms with Gasteiger partial charge in [-0.15, -0.1) is 0 Å². The predicted octanol–water partition coefficient (Wildman–Crippen LogP) is 1.67. The Morgan fingerprint density at radius 1 is 1.12 bits per heavy atom. The van der Waals surface area contributed by atoms with Gasteiger partial charge in [0, 0.05) is 26.2 Å². The van der Waals surface area contributed by atoms with Crippen molar-refractivity contribution in [2.75, 3.05) is 33.2 Å². The molecule has 0 radical (unpaired) electrons. The molecule has 2 fully saturated rings. The minimum atomic E-state index is 0.249. The summed E-state index contributed by atoms with van der Waals surface area (Å²) >= 11 is 0. The van der Waals surface area contributed by atoms with Crippen molar-refractivity contribution in [1.82, 2.24) is 15.1 Å². The van der Waals surface area contributed by atoms with Crippen LogP contribution in [0.3, 0.4) is 0 Å². The van der Waals surface area contributed by atoms with Gasteiger partial charge in [0.1, 0.15) is 0 Å². The van der Waals surface area contributed by atoms with E-state index in [1.807, 2.05) is 11.9 Å². The van der Waals surface area contributed by atoms with Crippen LogP contribution < -0.4 is 5.32 Å². The Balaban J connectivity index is 1.88. The molecule has 98 valence electrons. The molecule has 0 spiro atoms. The summed E-state index contributed by atoms with van der Waals surface area (Å²) in [4.78, 5) is 16.4. The fourth-order valence-electron chi connectivity index (χ4n) is 2.84. The highest BCUT2D eigenvalue weighted by Crippen LogP contribution is 2.15. The summed E-state index contributed by atoms with van der Waals surface area (Å²) in [5.41, 5.74) is 0. The average molecular weight is 239 g/mol. The number of piperidine rings is 1. The van der Waals surface area contributed by atoms with Crippen molar-refractivity contribution in [3.05, 3.63) is 0 Å². The Bertz CT molecular complexity index is 243. The molecule has 2 rings (SSSR count). The van der Waals surface area contributed by atoms with Gasteiger partial charge in [0.2, 0.25) is 0 Å². The van der Waals surface area contributed by atoms with Crippen LogP contribution in [0.25, 0.3) is 0 Å². The van der Waals surface area contributed by atoms with Crippen LogP contribution in [0.5, 0.6) is 0 Å². The van der Waals surface area contributed by atoms with Gasteiger partial charge in [-0.3, -0.25) is 0 Å². The van der Waals surface area contributed by atoms with Crippen LogP contribution in [0, 0.1) is 0 Å². The lowest BCUT2D eigenvalue weighted by Gasteiger charge is -2.35. The van der Waals surface area contributed by atoms with Gasteiger partial charge in [-0.05, 0) is 38.8 Å². The second-order valence-corrected chi connectivity index (χ2v) is 5.28. The molecule has 2 aliphatic rings. The lowest BCUT2D eigenvalue weighted by molar-refractivity contribution is 0.138. The van der Waals surface area contributed by atoms with E-state index in [4.69, 9.17) is 0 Å². The third-order valence-corrected chi connectivity index (χ3v) is 4.03. The van der Waals surface area contributed by atoms with Crippen molar-refractivity contribution < 1.29 is 4.79 Å². The fraction of sp³-hybridized carbons (Fsp3) is 0.923. The van der Waals surface area contributed by atoms with Crippen LogP contribution in [0.4, 0.5) is 4.79 Å². The Morgan fingerprint density at radius 3 is 2.29 bits per heavy atom. The molecule has 0 aromatic carbocycles. The van der Waals surface area contributed by atoms with E-state index in [9.17, 15) is 4.79 Å². The van der Waals surface area contributed by atoms with E-state index < -0.39 is 0 Å². The maximum Gasteiger partial charge on any atom is 0.319 e. The number of hydrogen-bond donors (Lipinski definition) is 1. The van der Waals surface area contributed by atoms with Crippen LogP contribution in [0.1, 0.15) is 38.5 Å². The molecule has 2 saturated heterocycles. The average Bonchev–Trinajstić information content (AvgIpc) is 2.67. The second kappa shape index (κ2) is 6.24. The molecule has 0 unspecified atom stereocenters. The zero-order valence-corrected chi connectivity index (χ0v) is 11.0. The van der Waals surface area contributed by atoms with E-state index in [2.05, 4.69) is 10.2 Å². The van der Waals surface area contributed by atoms with Crippen LogP contribution in [-0.2, 0) is 0 Å². The zero-order chi connectivity index (χ0) is 12.1. The number of carbonyl (C=O) groups excluding carboxylic acids is 1. The standard InChI is InChI=1S/C13H25N3O/c1-15(12-6-8-14-9-7-12)13(17)16-10-4-2-3-5-11-16/h12,14H,2-11H2,1H3. The number of nitrogens with zero attached hydrogens (tertiary/aromatic N) is 2. The van der Waals surface area contributed by atoms with Gasteiger partial charge in [-0.2, -0.15) is 0 Å². The van der Waals surface area contributed by atoms with Crippen LogP contribution >= 0.6 is 0 Å². The summed E-state index contributed by atoms with van der Waals surface area (Å²) in [5, 5.41) is 3.35. The molecule has 17 heavy (non-hydrogen) atoms. The molecule has 4 nitrogen and oxygen atoms in total. The molecule has 0 atom stereocenters. The minimum Gasteiger partial charge on any atom is -0.325 e. The number of likely N-dealkylation sites (tertiary alicyclic amines) is 1. The predicted molar refractivity (Wildman–Crippen MR) is 69.1 cm³/mol. The Kier molecular flexibility index (Phi) is 4.66. The molecule has 4 heteroatoms. The van der Waals surface area contributed by atoms with E-state index in [0.29, 0.717) is 6.04 Å². The monoisotopic (exact) mass is 239 g/mol. The van der Waals surface area contributed by atoms with Gasteiger partial charge in [0.15, 0.2) is 0 Å². The van der Waals surface area contributed by atoms with Crippen LogP contribution in [0.15, 0.2) is 0 Å². The van der Waals surface area contributed by atoms with Crippen LogP contribution in [-0.4, -0.2) is 55.1 Å². The third-order valence-electron chi connectivity index (χ3n) is 4.03. The normalized spacial score (nSPS) is 23.2. The van der Waals surface area contributed by atoms with Gasteiger partial charge in [0.05, 0.1) is 0 Å². The molecular formula is C13H25N3O. The first-order valence-electron chi connectivity index (χ1n) is 7.01. The van der Waals surface area contributed by atoms with Crippen molar-refractivity contribution in [3.8, 4) is 0 Å². The summed E-state index contributed by atoms with van der Waals surface area (Å²) in [6, 6.07) is 0.686. The van der Waals surface area contributed by atoms with E-state index in [1.165, 1.54) is 25.7 Å². The number of urea groups is 1. The van der Waals surface area contributed by atoms with Crippen LogP contribution in [0.2, 0.25) is 0 Å². The zero-order valence-electron chi connectivity index (χ0n) is 11.0. The lowest BCUT2D eigenvalue weighted by Crippen LogP contribution is -2.49. The van der Waals surface area contributed by atoms with Gasteiger partial charge in [0.25, 0.3) is 0 Å². The molecular weight excluding hydrogens is 214 g/mol. The third kappa shape index (κ3) is 3.35. The highest BCUT2D eigenvalue weighted by molar-refractivity contribution is 5.74. The van der Waals surface area contributed by atoms with Crippen molar-refractivity contribution in [3.63, 3.8) is 0 Å². The quantitative estimate of drug-likeness (QED) is 0.755. The molecule has 0 aromatic heterocycles. The Morgan fingerprint density at radius 2 is 1.71 bits per heavy atom. The van der Waals surface area contributed by atoms with E-state index in [-0.39, 0.29) is 6.03 Å². The highest BCUT2D eigenvalue weighted by Gasteiger charge is 2.25. The van der Waals surface area contributed by atoms with E-state index in [0.717, 1.165) is 39.0 Å². The molecule has 2 heterocycles. The lowest BCUT2D eigenvalue weighted by atomic mass is 10.1. The highest BCUT2D eigenvalue weighted by atomic mass is 16.2. The van der Waals surface area contributed by atoms with Gasteiger partial charge in [-0.1, -0.05) is 12.8 Å². The smallest absolute Gasteiger partial charge is 0.319 e. The summed E-state index contributed by atoms with van der Waals surface area (Å²) < 4.78 is 0. The summed E-state index contributed by atoms with van der Waals surface area (Å²) in [6.45, 7) is 3.99. The molecule has 0 saturated carbocycles. The number of carbonyl (C=O) groups is 1. The molecule has 0 bridgehead atoms. The van der Waals surface area contributed by atoms with Crippen molar-refractivity contribution in [2.45, 2.75) is 44.6 Å². The molecule has 2 aliphatic heterocycles. The van der Waals surface area contributed by atoms with E-state index in [1.54, 1.807) is 0 Å². The summed E-state index contributed by atoms with van der Waals surface area (Å²) in [7, 11) is 1.98. The Hall–Kier alpha value is -0.770. The molecule has 0 aliphatic carbocycles. The number of rotatable bonds is 1. The molecule has 0 aromatic rings. The molecule has 2 amide bonds. The Labute approximate surface area is 104 Å². The maximum atomic E-state index is 12.4. The summed E-state index contributed by atoms with van der Waals surface area (Å²) in [5.74, 6) is 0. The number of nitrogens with one attached hydrogen (secondary N) is 1. The maximum absolute atomic E-state index is 12.4. The van der Waals surface area contributed by atoms with Crippen molar-refractivity contribution >= 4 is 6.03 Å². The molecule has 1 N–H and O–H groups in total. The topological polar surface area (TPSA) is 35.6 Å². The van der Waals surface area contributed by atoms with Gasteiger partial charge >= 0.3 is 6.03 Å². The summed E-state index contributed by atoms with van der Waals surface area (Å²) in [6.07, 6.45) is 7.09. The van der Waals surface area contributed by atoms with Gasteiger partial charge in [-0.25, -0.2) is 4.79 Å². The largest absolute Gasteiger partial charge is 0.325 e. The second-order valence-electron chi connectivity index (χ2n) is 5.28. The van der Waals surface area contributed by atoms with Crippen molar-refractivity contribution in [2.24, 2.45) is 0 Å². The van der Waals surface area contributed by atoms with Gasteiger partial charge < -0.3 is 15.1 Å². The number of hydrogen-bond acceptors (Lipinski definition) is 2. The number of amides is 2. The first-order chi connectivity index (χ1) is 8.29.